The van der Waals surface area contributed by atoms with Gasteiger partial charge in [0.25, 0.3) is 0 Å². The molecule has 2 N–H and O–H groups in total. The van der Waals surface area contributed by atoms with Gasteiger partial charge in [-0.05, 0) is 53.7 Å². The van der Waals surface area contributed by atoms with Crippen LogP contribution < -0.4 is 10.0 Å². The van der Waals surface area contributed by atoms with Crippen LogP contribution in [0.2, 0.25) is 5.02 Å². The summed E-state index contributed by atoms with van der Waals surface area (Å²) in [4.78, 5) is -0.401. The molecule has 0 radical (unpaired) electrons. The number of fused-ring (bicyclic) bond motifs is 2. The molecule has 8 heteroatoms. The molecule has 1 aromatic carbocycles. The molecule has 3 rings (SSSR count). The average molecular weight is 398 g/mol. The average Bonchev–Trinajstić information content (AvgIpc) is 2.72. The fraction of sp³-hybridized carbons (Fsp3) is 0.538. The van der Waals surface area contributed by atoms with Crippen LogP contribution in [0.15, 0.2) is 21.5 Å². The lowest BCUT2D eigenvalue weighted by Crippen LogP contribution is -2.48. The Kier molecular flexibility index (Phi) is 4.31. The standard InChI is InChI=1S/C13H15BrClFN2O2S/c14-10-5-12(16)13(6-11(10)15)21(19,20)18-9-3-7-1-2-8(4-9)17-7/h5-9,17-18H,1-4H2. The lowest BCUT2D eigenvalue weighted by molar-refractivity contribution is 0.345. The van der Waals surface area contributed by atoms with Crippen molar-refractivity contribution in [2.24, 2.45) is 0 Å². The van der Waals surface area contributed by atoms with Gasteiger partial charge in [-0.25, -0.2) is 17.5 Å². The van der Waals surface area contributed by atoms with E-state index < -0.39 is 20.7 Å². The maximum atomic E-state index is 13.9. The maximum Gasteiger partial charge on any atom is 0.243 e. The van der Waals surface area contributed by atoms with Crippen molar-refractivity contribution in [3.8, 4) is 0 Å². The number of rotatable bonds is 3. The number of hydrogen-bond acceptors (Lipinski definition) is 3. The molecule has 2 heterocycles. The first-order valence-corrected chi connectivity index (χ1v) is 9.43. The highest BCUT2D eigenvalue weighted by Gasteiger charge is 2.36. The van der Waals surface area contributed by atoms with Crippen molar-refractivity contribution in [1.29, 1.82) is 0 Å². The molecule has 0 saturated carbocycles. The van der Waals surface area contributed by atoms with Crippen molar-refractivity contribution in [2.45, 2.75) is 48.7 Å². The molecule has 0 amide bonds. The highest BCUT2D eigenvalue weighted by atomic mass is 79.9. The highest BCUT2D eigenvalue weighted by Crippen LogP contribution is 2.30. The van der Waals surface area contributed by atoms with Crippen LogP contribution in [0.4, 0.5) is 4.39 Å². The second kappa shape index (κ2) is 5.77. The number of sulfonamides is 1. The first-order chi connectivity index (χ1) is 9.85. The summed E-state index contributed by atoms with van der Waals surface area (Å²) in [6, 6.07) is 2.77. The molecule has 116 valence electrons. The van der Waals surface area contributed by atoms with E-state index in [-0.39, 0.29) is 11.1 Å². The summed E-state index contributed by atoms with van der Waals surface area (Å²) >= 11 is 8.95. The van der Waals surface area contributed by atoms with Gasteiger partial charge in [0.1, 0.15) is 10.7 Å². The topological polar surface area (TPSA) is 58.2 Å². The minimum Gasteiger partial charge on any atom is -0.311 e. The van der Waals surface area contributed by atoms with Crippen LogP contribution in [0, 0.1) is 5.82 Å². The number of halogens is 3. The van der Waals surface area contributed by atoms with E-state index in [0.29, 0.717) is 16.6 Å². The van der Waals surface area contributed by atoms with E-state index in [1.165, 1.54) is 0 Å². The van der Waals surface area contributed by atoms with Crippen LogP contribution in [-0.2, 0) is 10.0 Å². The molecule has 4 nitrogen and oxygen atoms in total. The van der Waals surface area contributed by atoms with Crippen LogP contribution >= 0.6 is 27.5 Å². The third kappa shape index (κ3) is 3.27. The van der Waals surface area contributed by atoms with E-state index in [0.717, 1.165) is 37.8 Å². The zero-order valence-electron chi connectivity index (χ0n) is 11.1. The molecule has 2 bridgehead atoms. The quantitative estimate of drug-likeness (QED) is 0.771. The molecule has 0 aliphatic carbocycles. The van der Waals surface area contributed by atoms with E-state index in [1.54, 1.807) is 0 Å². The van der Waals surface area contributed by atoms with E-state index in [4.69, 9.17) is 11.6 Å². The van der Waals surface area contributed by atoms with Gasteiger partial charge < -0.3 is 5.32 Å². The smallest absolute Gasteiger partial charge is 0.243 e. The van der Waals surface area contributed by atoms with Gasteiger partial charge in [-0.3, -0.25) is 0 Å². The van der Waals surface area contributed by atoms with Crippen LogP contribution in [-0.4, -0.2) is 26.5 Å². The maximum absolute atomic E-state index is 13.9. The summed E-state index contributed by atoms with van der Waals surface area (Å²) in [6.45, 7) is 0. The van der Waals surface area contributed by atoms with Crippen LogP contribution in [0.25, 0.3) is 0 Å². The van der Waals surface area contributed by atoms with Crippen molar-refractivity contribution >= 4 is 37.6 Å². The predicted molar refractivity (Wildman–Crippen MR) is 82.4 cm³/mol. The molecular weight excluding hydrogens is 383 g/mol. The van der Waals surface area contributed by atoms with Gasteiger partial charge in [0.2, 0.25) is 10.0 Å². The van der Waals surface area contributed by atoms with Crippen LogP contribution in [0.1, 0.15) is 25.7 Å². The third-order valence-electron chi connectivity index (χ3n) is 4.06. The molecule has 2 aliphatic heterocycles. The number of hydrogen-bond donors (Lipinski definition) is 2. The number of piperidine rings is 1. The summed E-state index contributed by atoms with van der Waals surface area (Å²) in [5.41, 5.74) is 0. The van der Waals surface area contributed by atoms with Gasteiger partial charge in [0, 0.05) is 22.6 Å². The van der Waals surface area contributed by atoms with Crippen LogP contribution in [0.5, 0.6) is 0 Å². The van der Waals surface area contributed by atoms with Crippen molar-refractivity contribution in [2.75, 3.05) is 0 Å². The van der Waals surface area contributed by atoms with Gasteiger partial charge in [0.15, 0.2) is 0 Å². The van der Waals surface area contributed by atoms with E-state index in [9.17, 15) is 12.8 Å². The van der Waals surface area contributed by atoms with E-state index in [2.05, 4.69) is 26.0 Å². The molecule has 2 unspecified atom stereocenters. The predicted octanol–water partition coefficient (Wildman–Crippen LogP) is 2.80. The molecule has 2 saturated heterocycles. The lowest BCUT2D eigenvalue weighted by Gasteiger charge is -2.29. The summed E-state index contributed by atoms with van der Waals surface area (Å²) < 4.78 is 41.6. The largest absolute Gasteiger partial charge is 0.311 e. The molecule has 2 atom stereocenters. The number of benzene rings is 1. The second-order valence-corrected chi connectivity index (χ2v) is 8.57. The zero-order chi connectivity index (χ0) is 15.2. The van der Waals surface area contributed by atoms with Crippen molar-refractivity contribution in [1.82, 2.24) is 10.0 Å². The second-order valence-electron chi connectivity index (χ2n) is 5.62. The molecule has 0 spiro atoms. The fourth-order valence-corrected chi connectivity index (χ4v) is 5.04. The Morgan fingerprint density at radius 3 is 2.52 bits per heavy atom. The Bertz CT molecular complexity index is 658. The Labute approximate surface area is 136 Å². The molecule has 2 aliphatic rings. The molecule has 1 aromatic rings. The first kappa shape index (κ1) is 15.7. The fourth-order valence-electron chi connectivity index (χ4n) is 3.15. The summed E-state index contributed by atoms with van der Waals surface area (Å²) in [5, 5.41) is 3.61. The lowest BCUT2D eigenvalue weighted by atomic mass is 10.0. The zero-order valence-corrected chi connectivity index (χ0v) is 14.2. The monoisotopic (exact) mass is 396 g/mol. The Morgan fingerprint density at radius 1 is 1.29 bits per heavy atom. The molecule has 0 aromatic heterocycles. The highest BCUT2D eigenvalue weighted by molar-refractivity contribution is 9.10. The van der Waals surface area contributed by atoms with Gasteiger partial charge >= 0.3 is 0 Å². The van der Waals surface area contributed by atoms with Gasteiger partial charge in [-0.2, -0.15) is 0 Å². The minimum atomic E-state index is -3.91. The van der Waals surface area contributed by atoms with Gasteiger partial charge in [-0.1, -0.05) is 11.6 Å². The molecule has 21 heavy (non-hydrogen) atoms. The number of nitrogens with one attached hydrogen (secondary N) is 2. The normalized spacial score (nSPS) is 28.8. The molecular formula is C13H15BrClFN2O2S. The Morgan fingerprint density at radius 2 is 1.90 bits per heavy atom. The Hall–Kier alpha value is -0.210. The van der Waals surface area contributed by atoms with Crippen molar-refractivity contribution in [3.63, 3.8) is 0 Å². The summed E-state index contributed by atoms with van der Waals surface area (Å²) in [6.07, 6.45) is 3.62. The SMILES string of the molecule is O=S(=O)(NC1CC2CCC(C1)N2)c1cc(Cl)c(Br)cc1F. The van der Waals surface area contributed by atoms with Crippen LogP contribution in [0.3, 0.4) is 0 Å². The summed E-state index contributed by atoms with van der Waals surface area (Å²) in [7, 11) is -3.91. The summed E-state index contributed by atoms with van der Waals surface area (Å²) in [5.74, 6) is -0.810. The minimum absolute atomic E-state index is 0.157. The first-order valence-electron chi connectivity index (χ1n) is 6.78. The third-order valence-corrected chi connectivity index (χ3v) is 6.79. The molecule has 2 fully saturated rings. The van der Waals surface area contributed by atoms with Crippen molar-refractivity contribution < 1.29 is 12.8 Å². The van der Waals surface area contributed by atoms with Gasteiger partial charge in [-0.15, -0.1) is 0 Å². The van der Waals surface area contributed by atoms with Gasteiger partial charge in [0.05, 0.1) is 5.02 Å². The van der Waals surface area contributed by atoms with E-state index >= 15 is 0 Å². The Balaban J connectivity index is 1.82. The van der Waals surface area contributed by atoms with E-state index in [1.807, 2.05) is 0 Å². The van der Waals surface area contributed by atoms with Crippen molar-refractivity contribution in [3.05, 3.63) is 27.4 Å².